The summed E-state index contributed by atoms with van der Waals surface area (Å²) in [5.74, 6) is 1.09. The first-order chi connectivity index (χ1) is 9.58. The zero-order chi connectivity index (χ0) is 14.5. The molecule has 0 N–H and O–H groups in total. The lowest BCUT2D eigenvalue weighted by Crippen LogP contribution is -2.04. The SMILES string of the molecule is COc1ccc(CCC(=O)Cc2nc(C)c(C)s2)cc1. The first-order valence-electron chi connectivity index (χ1n) is 6.66. The number of Topliss-reactive ketones (excluding diaryl/α,β-unsaturated/α-hetero) is 1. The number of aryl methyl sites for hydroxylation is 3. The summed E-state index contributed by atoms with van der Waals surface area (Å²) in [6, 6.07) is 7.86. The van der Waals surface area contributed by atoms with E-state index < -0.39 is 0 Å². The largest absolute Gasteiger partial charge is 0.497 e. The number of hydrogen-bond donors (Lipinski definition) is 0. The lowest BCUT2D eigenvalue weighted by molar-refractivity contribution is -0.118. The highest BCUT2D eigenvalue weighted by Gasteiger charge is 2.09. The van der Waals surface area contributed by atoms with Gasteiger partial charge in [0.1, 0.15) is 16.5 Å². The first kappa shape index (κ1) is 14.7. The van der Waals surface area contributed by atoms with E-state index in [2.05, 4.69) is 4.98 Å². The zero-order valence-corrected chi connectivity index (χ0v) is 12.9. The van der Waals surface area contributed by atoms with Gasteiger partial charge in [-0.05, 0) is 38.0 Å². The molecule has 1 aromatic carbocycles. The van der Waals surface area contributed by atoms with Crippen molar-refractivity contribution < 1.29 is 9.53 Å². The second-order valence-corrected chi connectivity index (χ2v) is 6.10. The van der Waals surface area contributed by atoms with Gasteiger partial charge in [0.05, 0.1) is 19.2 Å². The Balaban J connectivity index is 1.85. The Morgan fingerprint density at radius 1 is 1.25 bits per heavy atom. The van der Waals surface area contributed by atoms with Crippen molar-refractivity contribution in [1.82, 2.24) is 4.98 Å². The molecule has 0 amide bonds. The molecule has 20 heavy (non-hydrogen) atoms. The fraction of sp³-hybridized carbons (Fsp3) is 0.375. The minimum absolute atomic E-state index is 0.245. The molecule has 1 aromatic heterocycles. The predicted octanol–water partition coefficient (Wildman–Crippen LogP) is 3.51. The summed E-state index contributed by atoms with van der Waals surface area (Å²) in [7, 11) is 1.65. The highest BCUT2D eigenvalue weighted by atomic mass is 32.1. The molecular formula is C16H19NO2S. The van der Waals surface area contributed by atoms with Gasteiger partial charge >= 0.3 is 0 Å². The predicted molar refractivity (Wildman–Crippen MR) is 81.6 cm³/mol. The van der Waals surface area contributed by atoms with E-state index in [4.69, 9.17) is 4.74 Å². The summed E-state index contributed by atoms with van der Waals surface area (Å²) in [5.41, 5.74) is 2.19. The normalized spacial score (nSPS) is 10.6. The van der Waals surface area contributed by atoms with Gasteiger partial charge in [-0.15, -0.1) is 11.3 Å². The van der Waals surface area contributed by atoms with Gasteiger partial charge in [-0.25, -0.2) is 4.98 Å². The third-order valence-corrected chi connectivity index (χ3v) is 4.35. The molecule has 0 aliphatic carbocycles. The van der Waals surface area contributed by atoms with E-state index >= 15 is 0 Å². The maximum atomic E-state index is 12.0. The number of carbonyl (C=O) groups is 1. The van der Waals surface area contributed by atoms with E-state index in [9.17, 15) is 4.79 Å². The molecule has 0 radical (unpaired) electrons. The van der Waals surface area contributed by atoms with Crippen LogP contribution >= 0.6 is 11.3 Å². The molecule has 1 heterocycles. The van der Waals surface area contributed by atoms with Crippen molar-refractivity contribution in [1.29, 1.82) is 0 Å². The highest BCUT2D eigenvalue weighted by Crippen LogP contribution is 2.18. The number of carbonyl (C=O) groups excluding carboxylic acids is 1. The molecule has 0 bridgehead atoms. The van der Waals surface area contributed by atoms with Gasteiger partial charge in [-0.1, -0.05) is 12.1 Å². The van der Waals surface area contributed by atoms with Crippen LogP contribution in [0.15, 0.2) is 24.3 Å². The van der Waals surface area contributed by atoms with E-state index in [-0.39, 0.29) is 5.78 Å². The number of ketones is 1. The van der Waals surface area contributed by atoms with Crippen LogP contribution in [0.25, 0.3) is 0 Å². The van der Waals surface area contributed by atoms with Gasteiger partial charge in [0.15, 0.2) is 0 Å². The summed E-state index contributed by atoms with van der Waals surface area (Å²) in [6.07, 6.45) is 1.78. The second-order valence-electron chi connectivity index (χ2n) is 4.81. The quantitative estimate of drug-likeness (QED) is 0.817. The number of aromatic nitrogens is 1. The number of rotatable bonds is 6. The van der Waals surface area contributed by atoms with Gasteiger partial charge < -0.3 is 4.74 Å². The van der Waals surface area contributed by atoms with Crippen LogP contribution in [0.3, 0.4) is 0 Å². The van der Waals surface area contributed by atoms with Crippen LogP contribution in [0.1, 0.15) is 27.6 Å². The van der Waals surface area contributed by atoms with E-state index in [0.29, 0.717) is 12.8 Å². The van der Waals surface area contributed by atoms with Crippen LogP contribution in [0.4, 0.5) is 0 Å². The third kappa shape index (κ3) is 3.90. The Kier molecular flexibility index (Phi) is 4.90. The highest BCUT2D eigenvalue weighted by molar-refractivity contribution is 7.11. The summed E-state index contributed by atoms with van der Waals surface area (Å²) in [5, 5.41) is 0.930. The number of nitrogens with zero attached hydrogens (tertiary/aromatic N) is 1. The second kappa shape index (κ2) is 6.66. The fourth-order valence-corrected chi connectivity index (χ4v) is 2.91. The van der Waals surface area contributed by atoms with Gasteiger partial charge in [-0.3, -0.25) is 4.79 Å². The molecule has 0 atom stereocenters. The lowest BCUT2D eigenvalue weighted by atomic mass is 10.1. The van der Waals surface area contributed by atoms with E-state index in [1.807, 2.05) is 38.1 Å². The molecule has 4 heteroatoms. The average molecular weight is 289 g/mol. The van der Waals surface area contributed by atoms with Crippen LogP contribution in [0, 0.1) is 13.8 Å². The van der Waals surface area contributed by atoms with Gasteiger partial charge in [0.25, 0.3) is 0 Å². The van der Waals surface area contributed by atoms with Crippen LogP contribution < -0.4 is 4.74 Å². The van der Waals surface area contributed by atoms with Crippen LogP contribution in [-0.2, 0) is 17.6 Å². The van der Waals surface area contributed by atoms with E-state index in [1.165, 1.54) is 4.88 Å². The Hall–Kier alpha value is -1.68. The van der Waals surface area contributed by atoms with Crippen LogP contribution in [0.5, 0.6) is 5.75 Å². The molecule has 3 nitrogen and oxygen atoms in total. The molecule has 2 rings (SSSR count). The zero-order valence-electron chi connectivity index (χ0n) is 12.1. The molecule has 0 aliphatic rings. The molecule has 0 aliphatic heterocycles. The van der Waals surface area contributed by atoms with Crippen molar-refractivity contribution in [3.63, 3.8) is 0 Å². The summed E-state index contributed by atoms with van der Waals surface area (Å²) in [4.78, 5) is 17.6. The van der Waals surface area contributed by atoms with Crippen molar-refractivity contribution in [2.75, 3.05) is 7.11 Å². The fourth-order valence-electron chi connectivity index (χ4n) is 1.95. The minimum atomic E-state index is 0.245. The van der Waals surface area contributed by atoms with Crippen molar-refractivity contribution >= 4 is 17.1 Å². The van der Waals surface area contributed by atoms with Gasteiger partial charge in [0.2, 0.25) is 0 Å². The Morgan fingerprint density at radius 2 is 1.95 bits per heavy atom. The third-order valence-electron chi connectivity index (χ3n) is 3.27. The maximum Gasteiger partial charge on any atom is 0.140 e. The maximum absolute atomic E-state index is 12.0. The summed E-state index contributed by atoms with van der Waals surface area (Å²) in [6.45, 7) is 4.02. The first-order valence-corrected chi connectivity index (χ1v) is 7.47. The molecule has 0 saturated heterocycles. The van der Waals surface area contributed by atoms with Crippen molar-refractivity contribution in [3.8, 4) is 5.75 Å². The van der Waals surface area contributed by atoms with Gasteiger partial charge in [-0.2, -0.15) is 0 Å². The molecule has 0 saturated carbocycles. The standard InChI is InChI=1S/C16H19NO2S/c1-11-12(2)20-16(17-11)10-14(18)7-4-13-5-8-15(19-3)9-6-13/h5-6,8-9H,4,7,10H2,1-3H3. The van der Waals surface area contributed by atoms with Crippen LogP contribution in [0.2, 0.25) is 0 Å². The van der Waals surface area contributed by atoms with Gasteiger partial charge in [0, 0.05) is 11.3 Å². The molecule has 2 aromatic rings. The number of benzene rings is 1. The Morgan fingerprint density at radius 3 is 2.50 bits per heavy atom. The smallest absolute Gasteiger partial charge is 0.140 e. The molecule has 0 fully saturated rings. The molecular weight excluding hydrogens is 270 g/mol. The van der Waals surface area contributed by atoms with Crippen LogP contribution in [-0.4, -0.2) is 17.9 Å². The molecule has 0 unspecified atom stereocenters. The molecule has 0 spiro atoms. The van der Waals surface area contributed by atoms with E-state index in [1.54, 1.807) is 18.4 Å². The number of hydrogen-bond acceptors (Lipinski definition) is 4. The average Bonchev–Trinajstić information content (AvgIpc) is 2.75. The topological polar surface area (TPSA) is 39.2 Å². The minimum Gasteiger partial charge on any atom is -0.497 e. The lowest BCUT2D eigenvalue weighted by Gasteiger charge is -2.03. The van der Waals surface area contributed by atoms with Crippen molar-refractivity contribution in [2.45, 2.75) is 33.1 Å². The number of thiazole rings is 1. The Bertz CT molecular complexity index is 568. The summed E-state index contributed by atoms with van der Waals surface area (Å²) >= 11 is 1.62. The van der Waals surface area contributed by atoms with Crippen molar-refractivity contribution in [2.24, 2.45) is 0 Å². The number of methoxy groups -OCH3 is 1. The Labute approximate surface area is 123 Å². The van der Waals surface area contributed by atoms with Crippen molar-refractivity contribution in [3.05, 3.63) is 45.4 Å². The summed E-state index contributed by atoms with van der Waals surface area (Å²) < 4.78 is 5.11. The van der Waals surface area contributed by atoms with E-state index in [0.717, 1.165) is 28.4 Å². The number of ether oxygens (including phenoxy) is 1. The monoisotopic (exact) mass is 289 g/mol. The molecule has 106 valence electrons.